The highest BCUT2D eigenvalue weighted by Gasteiger charge is 2.33. The van der Waals surface area contributed by atoms with Crippen LogP contribution >= 0.6 is 0 Å². The molecule has 2 unspecified atom stereocenters. The number of rotatable bonds is 6. The highest BCUT2D eigenvalue weighted by atomic mass is 32.2. The van der Waals surface area contributed by atoms with Gasteiger partial charge < -0.3 is 5.32 Å². The standard InChI is InChI=1S/C17H27NO2S/c1-13(2)18-11-17(16-8-9-21(19,20)12-16)10-15-6-4-14(3)5-7-15/h4-7,13,16-18H,8-12H2,1-3H3. The largest absolute Gasteiger partial charge is 0.314 e. The zero-order valence-electron chi connectivity index (χ0n) is 13.3. The van der Waals surface area contributed by atoms with Gasteiger partial charge in [0.25, 0.3) is 0 Å². The molecule has 0 aromatic heterocycles. The minimum atomic E-state index is -2.81. The summed E-state index contributed by atoms with van der Waals surface area (Å²) in [5.74, 6) is 1.42. The van der Waals surface area contributed by atoms with Gasteiger partial charge in [-0.1, -0.05) is 43.7 Å². The molecule has 4 heteroatoms. The van der Waals surface area contributed by atoms with Gasteiger partial charge >= 0.3 is 0 Å². The van der Waals surface area contributed by atoms with Gasteiger partial charge in [0.2, 0.25) is 0 Å². The van der Waals surface area contributed by atoms with Crippen LogP contribution < -0.4 is 5.32 Å². The van der Waals surface area contributed by atoms with Crippen LogP contribution in [0.3, 0.4) is 0 Å². The second-order valence-corrected chi connectivity index (χ2v) is 8.90. The molecule has 1 aromatic rings. The zero-order chi connectivity index (χ0) is 15.5. The van der Waals surface area contributed by atoms with Gasteiger partial charge in [-0.2, -0.15) is 0 Å². The molecule has 118 valence electrons. The summed E-state index contributed by atoms with van der Waals surface area (Å²) >= 11 is 0. The monoisotopic (exact) mass is 309 g/mol. The van der Waals surface area contributed by atoms with E-state index >= 15 is 0 Å². The third-order valence-corrected chi connectivity index (χ3v) is 6.13. The number of sulfone groups is 1. The fourth-order valence-corrected chi connectivity index (χ4v) is 4.93. The molecular formula is C17H27NO2S. The van der Waals surface area contributed by atoms with Gasteiger partial charge in [0.1, 0.15) is 0 Å². The summed E-state index contributed by atoms with van der Waals surface area (Å²) in [6, 6.07) is 9.03. The minimum absolute atomic E-state index is 0.294. The van der Waals surface area contributed by atoms with E-state index in [0.717, 1.165) is 19.4 Å². The number of hydrogen-bond acceptors (Lipinski definition) is 3. The lowest BCUT2D eigenvalue weighted by molar-refractivity contribution is 0.333. The number of nitrogens with one attached hydrogen (secondary N) is 1. The van der Waals surface area contributed by atoms with Crippen LogP contribution in [0, 0.1) is 18.8 Å². The maximum Gasteiger partial charge on any atom is 0.150 e. The van der Waals surface area contributed by atoms with Crippen molar-refractivity contribution in [3.05, 3.63) is 35.4 Å². The topological polar surface area (TPSA) is 46.2 Å². The molecule has 0 spiro atoms. The van der Waals surface area contributed by atoms with Gasteiger partial charge in [0, 0.05) is 6.04 Å². The predicted molar refractivity (Wildman–Crippen MR) is 88.3 cm³/mol. The molecule has 1 N–H and O–H groups in total. The summed E-state index contributed by atoms with van der Waals surface area (Å²) in [4.78, 5) is 0. The molecule has 2 atom stereocenters. The van der Waals surface area contributed by atoms with E-state index in [4.69, 9.17) is 0 Å². The van der Waals surface area contributed by atoms with Gasteiger partial charge in [0.05, 0.1) is 11.5 Å². The molecule has 21 heavy (non-hydrogen) atoms. The maximum atomic E-state index is 11.8. The van der Waals surface area contributed by atoms with Crippen molar-refractivity contribution in [3.8, 4) is 0 Å². The Labute approximate surface area is 129 Å². The summed E-state index contributed by atoms with van der Waals surface area (Å²) in [6.45, 7) is 7.25. The van der Waals surface area contributed by atoms with Crippen LogP contribution in [0.25, 0.3) is 0 Å². The van der Waals surface area contributed by atoms with E-state index in [0.29, 0.717) is 29.4 Å². The third kappa shape index (κ3) is 5.11. The van der Waals surface area contributed by atoms with Gasteiger partial charge in [-0.05, 0) is 43.7 Å². The molecule has 0 bridgehead atoms. The smallest absolute Gasteiger partial charge is 0.150 e. The summed E-state index contributed by atoms with van der Waals surface area (Å²) < 4.78 is 23.5. The Morgan fingerprint density at radius 3 is 2.43 bits per heavy atom. The Kier molecular flexibility index (Phi) is 5.44. The molecule has 1 heterocycles. The van der Waals surface area contributed by atoms with Crippen molar-refractivity contribution in [2.24, 2.45) is 11.8 Å². The van der Waals surface area contributed by atoms with Crippen molar-refractivity contribution >= 4 is 9.84 Å². The van der Waals surface area contributed by atoms with Crippen molar-refractivity contribution in [2.75, 3.05) is 18.1 Å². The van der Waals surface area contributed by atoms with E-state index in [-0.39, 0.29) is 0 Å². The lowest BCUT2D eigenvalue weighted by Gasteiger charge is -2.24. The van der Waals surface area contributed by atoms with Crippen LogP contribution in [-0.2, 0) is 16.3 Å². The lowest BCUT2D eigenvalue weighted by Crippen LogP contribution is -2.34. The molecule has 2 rings (SSSR count). The SMILES string of the molecule is Cc1ccc(CC(CNC(C)C)C2CCS(=O)(=O)C2)cc1. The van der Waals surface area contributed by atoms with Crippen LogP contribution in [0.2, 0.25) is 0 Å². The highest BCUT2D eigenvalue weighted by Crippen LogP contribution is 2.28. The van der Waals surface area contributed by atoms with E-state index in [1.54, 1.807) is 0 Å². The quantitative estimate of drug-likeness (QED) is 0.878. The molecule has 1 fully saturated rings. The minimum Gasteiger partial charge on any atom is -0.314 e. The molecule has 1 saturated heterocycles. The van der Waals surface area contributed by atoms with Crippen LogP contribution in [0.15, 0.2) is 24.3 Å². The number of aryl methyl sites for hydroxylation is 1. The van der Waals surface area contributed by atoms with E-state index < -0.39 is 9.84 Å². The lowest BCUT2D eigenvalue weighted by atomic mass is 9.86. The second-order valence-electron chi connectivity index (χ2n) is 6.68. The van der Waals surface area contributed by atoms with Crippen molar-refractivity contribution in [2.45, 2.75) is 39.7 Å². The zero-order valence-corrected chi connectivity index (χ0v) is 14.1. The van der Waals surface area contributed by atoms with Gasteiger partial charge in [-0.25, -0.2) is 8.42 Å². The Hall–Kier alpha value is -0.870. The Morgan fingerprint density at radius 1 is 1.24 bits per heavy atom. The van der Waals surface area contributed by atoms with Crippen LogP contribution in [-0.4, -0.2) is 32.5 Å². The molecule has 0 amide bonds. The molecule has 1 aromatic carbocycles. The summed E-state index contributed by atoms with van der Waals surface area (Å²) in [7, 11) is -2.81. The van der Waals surface area contributed by atoms with Crippen LogP contribution in [0.4, 0.5) is 0 Å². The average Bonchev–Trinajstić information content (AvgIpc) is 2.77. The molecule has 3 nitrogen and oxygen atoms in total. The third-order valence-electron chi connectivity index (χ3n) is 4.34. The van der Waals surface area contributed by atoms with E-state index in [2.05, 4.69) is 50.4 Å². The average molecular weight is 309 g/mol. The predicted octanol–water partition coefficient (Wildman–Crippen LogP) is 2.59. The Morgan fingerprint density at radius 2 is 1.90 bits per heavy atom. The molecule has 0 aliphatic carbocycles. The van der Waals surface area contributed by atoms with Gasteiger partial charge in [0.15, 0.2) is 9.84 Å². The first kappa shape index (κ1) is 16.5. The maximum absolute atomic E-state index is 11.8. The number of benzene rings is 1. The first-order valence-electron chi connectivity index (χ1n) is 7.85. The summed E-state index contributed by atoms with van der Waals surface area (Å²) in [5.41, 5.74) is 2.57. The fourth-order valence-electron chi connectivity index (χ4n) is 3.02. The van der Waals surface area contributed by atoms with Gasteiger partial charge in [-0.15, -0.1) is 0 Å². The highest BCUT2D eigenvalue weighted by molar-refractivity contribution is 7.91. The van der Waals surface area contributed by atoms with Gasteiger partial charge in [-0.3, -0.25) is 0 Å². The van der Waals surface area contributed by atoms with E-state index in [9.17, 15) is 8.42 Å². The summed E-state index contributed by atoms with van der Waals surface area (Å²) in [5, 5.41) is 3.49. The molecular weight excluding hydrogens is 282 g/mol. The van der Waals surface area contributed by atoms with Crippen LogP contribution in [0.1, 0.15) is 31.4 Å². The molecule has 0 radical (unpaired) electrons. The summed E-state index contributed by atoms with van der Waals surface area (Å²) in [6.07, 6.45) is 1.78. The number of hydrogen-bond donors (Lipinski definition) is 1. The molecule has 1 aliphatic heterocycles. The van der Waals surface area contributed by atoms with Crippen molar-refractivity contribution in [3.63, 3.8) is 0 Å². The van der Waals surface area contributed by atoms with Crippen molar-refractivity contribution in [1.82, 2.24) is 5.32 Å². The Balaban J connectivity index is 2.06. The molecule has 1 aliphatic rings. The second kappa shape index (κ2) is 6.93. The van der Waals surface area contributed by atoms with E-state index in [1.807, 2.05) is 0 Å². The van der Waals surface area contributed by atoms with E-state index in [1.165, 1.54) is 11.1 Å². The first-order chi connectivity index (χ1) is 9.85. The van der Waals surface area contributed by atoms with Crippen LogP contribution in [0.5, 0.6) is 0 Å². The fraction of sp³-hybridized carbons (Fsp3) is 0.647. The van der Waals surface area contributed by atoms with Crippen molar-refractivity contribution in [1.29, 1.82) is 0 Å². The normalized spacial score (nSPS) is 22.6. The Bertz CT molecular complexity index is 549. The van der Waals surface area contributed by atoms with Crippen molar-refractivity contribution < 1.29 is 8.42 Å². The first-order valence-corrected chi connectivity index (χ1v) is 9.67. The molecule has 0 saturated carbocycles.